The first-order valence-electron chi connectivity index (χ1n) is 11.5. The lowest BCUT2D eigenvalue weighted by atomic mass is 9.80. The van der Waals surface area contributed by atoms with Gasteiger partial charge in [-0.1, -0.05) is 38.1 Å². The van der Waals surface area contributed by atoms with Crippen molar-refractivity contribution in [2.45, 2.75) is 26.2 Å². The van der Waals surface area contributed by atoms with Crippen LogP contribution in [0.1, 0.15) is 30.5 Å². The Morgan fingerprint density at radius 3 is 2.44 bits per heavy atom. The van der Waals surface area contributed by atoms with Gasteiger partial charge in [0.1, 0.15) is 24.0 Å². The molecule has 1 aliphatic heterocycles. The summed E-state index contributed by atoms with van der Waals surface area (Å²) in [6.45, 7) is 7.10. The molecule has 4 nitrogen and oxygen atoms in total. The van der Waals surface area contributed by atoms with Crippen molar-refractivity contribution in [1.82, 2.24) is 0 Å². The fraction of sp³-hybridized carbons (Fsp3) is 0.200. The summed E-state index contributed by atoms with van der Waals surface area (Å²) in [6.07, 6.45) is 2.05. The number of aryl methyl sites for hydroxylation is 2. The second-order valence-electron chi connectivity index (χ2n) is 9.76. The van der Waals surface area contributed by atoms with E-state index in [1.54, 1.807) is 0 Å². The number of nitriles is 1. The summed E-state index contributed by atoms with van der Waals surface area (Å²) in [7, 11) is 2.05. The molecule has 0 aliphatic carbocycles. The largest absolute Gasteiger partial charge is 0.492 e. The van der Waals surface area contributed by atoms with Gasteiger partial charge in [-0.25, -0.2) is 4.57 Å². The maximum atomic E-state index is 10.1. The average molecular weight is 446 g/mol. The first kappa shape index (κ1) is 20.5. The van der Waals surface area contributed by atoms with E-state index in [-0.39, 0.29) is 5.41 Å². The molecular formula is C30H25N2O2+. The number of hydrogen-bond donors (Lipinski definition) is 0. The average Bonchev–Trinajstić information content (AvgIpc) is 3.36. The van der Waals surface area contributed by atoms with Crippen LogP contribution in [0.5, 0.6) is 5.75 Å². The Kier molecular flexibility index (Phi) is 4.34. The number of nitrogens with zero attached hydrogens (tertiary/aromatic N) is 2. The second-order valence-corrected chi connectivity index (χ2v) is 9.76. The zero-order chi connectivity index (χ0) is 23.6. The van der Waals surface area contributed by atoms with Gasteiger partial charge in [0.05, 0.1) is 23.8 Å². The van der Waals surface area contributed by atoms with Gasteiger partial charge in [-0.2, -0.15) is 5.26 Å². The van der Waals surface area contributed by atoms with Gasteiger partial charge in [-0.15, -0.1) is 0 Å². The number of ether oxygens (including phenoxy) is 1. The minimum Gasteiger partial charge on any atom is -0.492 e. The standard InChI is InChI=1S/C30H25N2O2/c1-18-11-13-20-21-14-12-19(16-31)26(22-8-7-10-24-27(22)30(2,3)17-33-24)29(21)34-28(20)25(18)23-9-5-6-15-32(23)4/h5-15H,17H2,1-4H3/q+1. The zero-order valence-electron chi connectivity index (χ0n) is 19.8. The fourth-order valence-electron chi connectivity index (χ4n) is 5.35. The van der Waals surface area contributed by atoms with Crippen molar-refractivity contribution >= 4 is 21.9 Å². The van der Waals surface area contributed by atoms with E-state index in [1.807, 2.05) is 49.6 Å². The van der Waals surface area contributed by atoms with Crippen molar-refractivity contribution in [1.29, 1.82) is 5.26 Å². The molecule has 34 heavy (non-hydrogen) atoms. The molecule has 0 N–H and O–H groups in total. The van der Waals surface area contributed by atoms with Crippen LogP contribution >= 0.6 is 0 Å². The number of aromatic nitrogens is 1. The van der Waals surface area contributed by atoms with Crippen molar-refractivity contribution in [2.75, 3.05) is 6.61 Å². The second kappa shape index (κ2) is 7.20. The molecule has 0 spiro atoms. The van der Waals surface area contributed by atoms with E-state index in [2.05, 4.69) is 55.7 Å². The number of rotatable bonds is 2. The Bertz CT molecular complexity index is 1670. The zero-order valence-corrected chi connectivity index (χ0v) is 19.8. The van der Waals surface area contributed by atoms with Crippen LogP contribution in [0.3, 0.4) is 0 Å². The molecular weight excluding hydrogens is 420 g/mol. The summed E-state index contributed by atoms with van der Waals surface area (Å²) >= 11 is 0. The van der Waals surface area contributed by atoms with Crippen LogP contribution in [0, 0.1) is 18.3 Å². The van der Waals surface area contributed by atoms with Gasteiger partial charge in [0, 0.05) is 39.4 Å². The molecule has 1 aliphatic rings. The number of furan rings is 1. The maximum Gasteiger partial charge on any atom is 0.216 e. The van der Waals surface area contributed by atoms with Crippen LogP contribution in [0.4, 0.5) is 0 Å². The third-order valence-electron chi connectivity index (χ3n) is 7.01. The molecule has 0 amide bonds. The number of pyridine rings is 1. The lowest BCUT2D eigenvalue weighted by molar-refractivity contribution is -0.660. The van der Waals surface area contributed by atoms with Crippen LogP contribution in [-0.2, 0) is 12.5 Å². The first-order valence-corrected chi connectivity index (χ1v) is 11.5. The highest BCUT2D eigenvalue weighted by Gasteiger charge is 2.36. The highest BCUT2D eigenvalue weighted by molar-refractivity contribution is 6.14. The van der Waals surface area contributed by atoms with Crippen molar-refractivity contribution in [3.63, 3.8) is 0 Å². The van der Waals surface area contributed by atoms with Gasteiger partial charge in [-0.3, -0.25) is 0 Å². The van der Waals surface area contributed by atoms with Crippen LogP contribution in [0.25, 0.3) is 44.3 Å². The van der Waals surface area contributed by atoms with E-state index in [0.29, 0.717) is 12.2 Å². The molecule has 166 valence electrons. The van der Waals surface area contributed by atoms with Gasteiger partial charge >= 0.3 is 0 Å². The summed E-state index contributed by atoms with van der Waals surface area (Å²) in [5, 5.41) is 12.1. The van der Waals surface area contributed by atoms with E-state index < -0.39 is 0 Å². The predicted octanol–water partition coefficient (Wildman–Crippen LogP) is 6.59. The van der Waals surface area contributed by atoms with E-state index >= 15 is 0 Å². The molecule has 0 unspecified atom stereocenters. The van der Waals surface area contributed by atoms with Gasteiger partial charge < -0.3 is 9.15 Å². The minimum atomic E-state index is -0.160. The number of benzene rings is 3. The van der Waals surface area contributed by atoms with Gasteiger partial charge in [0.25, 0.3) is 0 Å². The molecule has 0 fully saturated rings. The molecule has 6 rings (SSSR count). The molecule has 0 bridgehead atoms. The van der Waals surface area contributed by atoms with Crippen LogP contribution in [-0.4, -0.2) is 6.61 Å². The van der Waals surface area contributed by atoms with Crippen molar-refractivity contribution in [3.8, 4) is 34.2 Å². The first-order chi connectivity index (χ1) is 16.4. The maximum absolute atomic E-state index is 10.1. The third-order valence-corrected chi connectivity index (χ3v) is 7.01. The Hall–Kier alpha value is -4.10. The van der Waals surface area contributed by atoms with Crippen molar-refractivity contribution in [3.05, 3.63) is 83.6 Å². The summed E-state index contributed by atoms with van der Waals surface area (Å²) < 4.78 is 14.8. The highest BCUT2D eigenvalue weighted by atomic mass is 16.5. The molecule has 0 radical (unpaired) electrons. The topological polar surface area (TPSA) is 50.0 Å². The number of fused-ring (bicyclic) bond motifs is 4. The van der Waals surface area contributed by atoms with E-state index in [1.165, 1.54) is 0 Å². The van der Waals surface area contributed by atoms with Crippen molar-refractivity contribution in [2.24, 2.45) is 7.05 Å². The normalized spacial score (nSPS) is 14.2. The predicted molar refractivity (Wildman–Crippen MR) is 134 cm³/mol. The van der Waals surface area contributed by atoms with Crippen molar-refractivity contribution < 1.29 is 13.7 Å². The van der Waals surface area contributed by atoms with E-state index in [9.17, 15) is 5.26 Å². The van der Waals surface area contributed by atoms with Gasteiger partial charge in [0.2, 0.25) is 5.69 Å². The highest BCUT2D eigenvalue weighted by Crippen LogP contribution is 2.48. The molecule has 2 aromatic heterocycles. The quantitative estimate of drug-likeness (QED) is 0.288. The Morgan fingerprint density at radius 2 is 1.68 bits per heavy atom. The molecule has 4 heteroatoms. The van der Waals surface area contributed by atoms with E-state index in [0.717, 1.165) is 61.2 Å². The van der Waals surface area contributed by atoms with Crippen LogP contribution in [0.15, 0.2) is 71.3 Å². The minimum absolute atomic E-state index is 0.160. The van der Waals surface area contributed by atoms with Gasteiger partial charge in [-0.05, 0) is 42.3 Å². The van der Waals surface area contributed by atoms with Crippen LogP contribution < -0.4 is 9.30 Å². The molecule has 0 atom stereocenters. The third kappa shape index (κ3) is 2.80. The molecule has 0 saturated heterocycles. The molecule has 0 saturated carbocycles. The Balaban J connectivity index is 1.75. The number of hydrogen-bond acceptors (Lipinski definition) is 3. The Labute approximate surface area is 198 Å². The smallest absolute Gasteiger partial charge is 0.216 e. The SMILES string of the molecule is Cc1ccc2c(oc3c(-c4cccc5c4C(C)(C)CO5)c(C#N)ccc32)c1-c1cccc[n+]1C. The summed E-state index contributed by atoms with van der Waals surface area (Å²) in [5.74, 6) is 0.882. The van der Waals surface area contributed by atoms with Crippen LogP contribution in [0.2, 0.25) is 0 Å². The Morgan fingerprint density at radius 1 is 0.912 bits per heavy atom. The summed E-state index contributed by atoms with van der Waals surface area (Å²) in [5.41, 5.74) is 8.31. The van der Waals surface area contributed by atoms with Gasteiger partial charge in [0.15, 0.2) is 6.20 Å². The van der Waals surface area contributed by atoms with E-state index in [4.69, 9.17) is 9.15 Å². The molecule has 3 heterocycles. The lowest BCUT2D eigenvalue weighted by Crippen LogP contribution is -2.30. The molecule has 3 aromatic carbocycles. The summed E-state index contributed by atoms with van der Waals surface area (Å²) in [6, 6.07) is 22.9. The lowest BCUT2D eigenvalue weighted by Gasteiger charge is -2.20. The molecule has 5 aromatic rings. The monoisotopic (exact) mass is 445 g/mol. The fourth-order valence-corrected chi connectivity index (χ4v) is 5.35. The summed E-state index contributed by atoms with van der Waals surface area (Å²) in [4.78, 5) is 0.